The van der Waals surface area contributed by atoms with Crippen LogP contribution >= 0.6 is 0 Å². The molecule has 12 heteroatoms. The van der Waals surface area contributed by atoms with Crippen molar-refractivity contribution in [3.8, 4) is 11.5 Å². The molecule has 4 rings (SSSR count). The van der Waals surface area contributed by atoms with Crippen molar-refractivity contribution in [1.29, 1.82) is 5.41 Å². The highest BCUT2D eigenvalue weighted by molar-refractivity contribution is 7.89. The molecule has 3 aromatic rings. The molecule has 224 valence electrons. The average molecular weight is 599 g/mol. The first-order valence-electron chi connectivity index (χ1n) is 13.6. The number of methoxy groups -OCH3 is 1. The fourth-order valence-corrected chi connectivity index (χ4v) is 6.18. The summed E-state index contributed by atoms with van der Waals surface area (Å²) in [5.74, 6) is -1.18. The van der Waals surface area contributed by atoms with E-state index in [1.807, 2.05) is 0 Å². The summed E-state index contributed by atoms with van der Waals surface area (Å²) >= 11 is 0. The van der Waals surface area contributed by atoms with Gasteiger partial charge in [-0.2, -0.15) is 4.31 Å². The molecule has 1 aliphatic heterocycles. The predicted octanol–water partition coefficient (Wildman–Crippen LogP) is 3.74. The summed E-state index contributed by atoms with van der Waals surface area (Å²) in [5.41, 5.74) is 6.76. The van der Waals surface area contributed by atoms with Crippen LogP contribution in [-0.4, -0.2) is 57.4 Å². The van der Waals surface area contributed by atoms with Crippen LogP contribution in [0.1, 0.15) is 42.6 Å². The molecule has 1 amide bonds. The van der Waals surface area contributed by atoms with E-state index in [4.69, 9.17) is 25.4 Å². The molecule has 0 saturated carbocycles. The number of sulfonamides is 1. The number of amidine groups is 1. The molecule has 0 spiro atoms. The third kappa shape index (κ3) is 7.25. The Bertz CT molecular complexity index is 1490. The van der Waals surface area contributed by atoms with E-state index in [0.29, 0.717) is 30.8 Å². The van der Waals surface area contributed by atoms with Gasteiger partial charge >= 0.3 is 0 Å². The van der Waals surface area contributed by atoms with Crippen molar-refractivity contribution < 1.29 is 31.8 Å². The Labute approximate surface area is 245 Å². The Hall–Kier alpha value is -4.00. The summed E-state index contributed by atoms with van der Waals surface area (Å²) in [6, 6.07) is 17.9. The summed E-state index contributed by atoms with van der Waals surface area (Å²) in [4.78, 5) is 13.3. The van der Waals surface area contributed by atoms with Gasteiger partial charge in [-0.05, 0) is 43.5 Å². The highest BCUT2D eigenvalue weighted by atomic mass is 32.2. The van der Waals surface area contributed by atoms with Gasteiger partial charge in [0.25, 0.3) is 5.91 Å². The van der Waals surface area contributed by atoms with Crippen LogP contribution in [0.2, 0.25) is 0 Å². The van der Waals surface area contributed by atoms with Gasteiger partial charge in [0.15, 0.2) is 17.7 Å². The minimum atomic E-state index is -3.64. The fraction of sp³-hybridized carbons (Fsp3) is 0.333. The van der Waals surface area contributed by atoms with Gasteiger partial charge in [-0.15, -0.1) is 0 Å². The number of hydrogen-bond acceptors (Lipinski definition) is 7. The Morgan fingerprint density at radius 3 is 2.38 bits per heavy atom. The van der Waals surface area contributed by atoms with E-state index in [2.05, 4.69) is 5.32 Å². The van der Waals surface area contributed by atoms with E-state index < -0.39 is 34.0 Å². The van der Waals surface area contributed by atoms with Crippen LogP contribution in [0.15, 0.2) is 71.6 Å². The zero-order chi connectivity index (χ0) is 30.3. The predicted molar refractivity (Wildman–Crippen MR) is 155 cm³/mol. The third-order valence-electron chi connectivity index (χ3n) is 6.92. The molecule has 0 radical (unpaired) electrons. The van der Waals surface area contributed by atoms with E-state index in [1.165, 1.54) is 23.5 Å². The molecule has 1 saturated heterocycles. The lowest BCUT2D eigenvalue weighted by Gasteiger charge is -2.31. The van der Waals surface area contributed by atoms with E-state index in [9.17, 15) is 13.2 Å². The maximum absolute atomic E-state index is 15.8. The second-order valence-corrected chi connectivity index (χ2v) is 11.7. The molecule has 4 N–H and O–H groups in total. The van der Waals surface area contributed by atoms with E-state index in [-0.39, 0.29) is 41.7 Å². The Morgan fingerprint density at radius 2 is 1.79 bits per heavy atom. The van der Waals surface area contributed by atoms with Crippen LogP contribution in [0.25, 0.3) is 0 Å². The molecule has 3 aromatic carbocycles. The maximum Gasteiger partial charge on any atom is 0.254 e. The molecule has 10 nitrogen and oxygen atoms in total. The first kappa shape index (κ1) is 30.9. The van der Waals surface area contributed by atoms with Crippen molar-refractivity contribution in [1.82, 2.24) is 9.62 Å². The number of hydrogen-bond donors (Lipinski definition) is 3. The number of carbonyl (C=O) groups excluding carboxylic acids is 1. The van der Waals surface area contributed by atoms with Crippen molar-refractivity contribution in [2.45, 2.75) is 43.4 Å². The van der Waals surface area contributed by atoms with Gasteiger partial charge in [-0.1, -0.05) is 42.5 Å². The molecule has 1 aliphatic rings. The standard InChI is InChI=1S/C30H35FN4O6S/c1-3-40-23-17-25(28(39-2)30(36)34-19-20-9-11-21(12-10-20)29(32)33)27(31)26(18-23)41-22-13-15-35(16-14-22)42(37,38)24-7-5-4-6-8-24/h4-12,17-18,22,28H,3,13-16,19H2,1-2H3,(H3,32,33)(H,34,36)/t28-/m0/s1. The molecule has 0 bridgehead atoms. The highest BCUT2D eigenvalue weighted by Crippen LogP contribution is 2.34. The number of halogens is 1. The number of benzene rings is 3. The third-order valence-corrected chi connectivity index (χ3v) is 8.83. The van der Waals surface area contributed by atoms with Gasteiger partial charge in [-0.3, -0.25) is 10.2 Å². The fourth-order valence-electron chi connectivity index (χ4n) is 4.69. The van der Waals surface area contributed by atoms with Crippen molar-refractivity contribution in [3.05, 3.63) is 89.2 Å². The number of nitrogens with one attached hydrogen (secondary N) is 2. The van der Waals surface area contributed by atoms with Crippen LogP contribution in [0.4, 0.5) is 4.39 Å². The maximum atomic E-state index is 15.8. The Balaban J connectivity index is 1.47. The topological polar surface area (TPSA) is 144 Å². The number of carbonyl (C=O) groups is 1. The molecule has 42 heavy (non-hydrogen) atoms. The van der Waals surface area contributed by atoms with Crippen molar-refractivity contribution in [2.75, 3.05) is 26.8 Å². The average Bonchev–Trinajstić information content (AvgIpc) is 2.99. The van der Waals surface area contributed by atoms with Crippen LogP contribution in [0.5, 0.6) is 11.5 Å². The minimum Gasteiger partial charge on any atom is -0.494 e. The summed E-state index contributed by atoms with van der Waals surface area (Å²) in [6.07, 6.45) is -1.02. The molecule has 0 aromatic heterocycles. The van der Waals surface area contributed by atoms with Crippen molar-refractivity contribution >= 4 is 21.8 Å². The van der Waals surface area contributed by atoms with Gasteiger partial charge in [-0.25, -0.2) is 12.8 Å². The van der Waals surface area contributed by atoms with Gasteiger partial charge in [0.05, 0.1) is 11.5 Å². The second kappa shape index (κ2) is 13.8. The first-order valence-corrected chi connectivity index (χ1v) is 15.0. The summed E-state index contributed by atoms with van der Waals surface area (Å²) in [5, 5.41) is 10.2. The number of nitrogen functional groups attached to an aromatic ring is 1. The molecule has 1 atom stereocenters. The molecule has 0 aliphatic carbocycles. The molecule has 0 unspecified atom stereocenters. The van der Waals surface area contributed by atoms with Crippen LogP contribution in [0.3, 0.4) is 0 Å². The number of piperidine rings is 1. The SMILES string of the molecule is CCOc1cc(OC2CCN(S(=O)(=O)c3ccccc3)CC2)c(F)c([C@H](OC)C(=O)NCc2ccc(C(=N)N)cc2)c1. The quantitative estimate of drug-likeness (QED) is 0.213. The number of nitrogens with two attached hydrogens (primary N) is 1. The number of rotatable bonds is 12. The summed E-state index contributed by atoms with van der Waals surface area (Å²) in [7, 11) is -2.33. The highest BCUT2D eigenvalue weighted by Gasteiger charge is 2.32. The Morgan fingerprint density at radius 1 is 1.12 bits per heavy atom. The molecule has 1 heterocycles. The largest absolute Gasteiger partial charge is 0.494 e. The van der Waals surface area contributed by atoms with Crippen LogP contribution < -0.4 is 20.5 Å². The zero-order valence-corrected chi connectivity index (χ0v) is 24.3. The lowest BCUT2D eigenvalue weighted by Crippen LogP contribution is -2.41. The van der Waals surface area contributed by atoms with Crippen LogP contribution in [-0.2, 0) is 26.1 Å². The number of nitrogens with zero attached hydrogens (tertiary/aromatic N) is 1. The van der Waals surface area contributed by atoms with E-state index in [0.717, 1.165) is 5.56 Å². The zero-order valence-electron chi connectivity index (χ0n) is 23.5. The normalized spacial score (nSPS) is 15.1. The monoisotopic (exact) mass is 598 g/mol. The van der Waals surface area contributed by atoms with Gasteiger partial charge in [0.2, 0.25) is 10.0 Å². The lowest BCUT2D eigenvalue weighted by atomic mass is 10.1. The summed E-state index contributed by atoms with van der Waals surface area (Å²) < 4.78 is 60.2. The van der Waals surface area contributed by atoms with Crippen molar-refractivity contribution in [2.24, 2.45) is 5.73 Å². The minimum absolute atomic E-state index is 0.0491. The number of amides is 1. The smallest absolute Gasteiger partial charge is 0.254 e. The number of ether oxygens (including phenoxy) is 3. The van der Waals surface area contributed by atoms with Crippen molar-refractivity contribution in [3.63, 3.8) is 0 Å². The van der Waals surface area contributed by atoms with Crippen LogP contribution in [0, 0.1) is 11.2 Å². The Kier molecular flexibility index (Phi) is 10.2. The van der Waals surface area contributed by atoms with Gasteiger partial charge < -0.3 is 25.3 Å². The molecular weight excluding hydrogens is 563 g/mol. The first-order chi connectivity index (χ1) is 20.1. The van der Waals surface area contributed by atoms with Gasteiger partial charge in [0, 0.05) is 43.9 Å². The molecule has 1 fully saturated rings. The lowest BCUT2D eigenvalue weighted by molar-refractivity contribution is -0.131. The van der Waals surface area contributed by atoms with E-state index >= 15 is 4.39 Å². The second-order valence-electron chi connectivity index (χ2n) is 9.74. The summed E-state index contributed by atoms with van der Waals surface area (Å²) in [6.45, 7) is 2.68. The van der Waals surface area contributed by atoms with E-state index in [1.54, 1.807) is 61.5 Å². The van der Waals surface area contributed by atoms with Gasteiger partial charge in [0.1, 0.15) is 17.7 Å². The molecular formula is C30H35FN4O6S.